The number of carbonyl (C=O) groups is 1. The van der Waals surface area contributed by atoms with Crippen molar-refractivity contribution in [2.75, 3.05) is 29.2 Å². The highest BCUT2D eigenvalue weighted by atomic mass is 32.2. The number of methoxy groups -OCH3 is 1. The molecule has 0 fully saturated rings. The van der Waals surface area contributed by atoms with Crippen molar-refractivity contribution in [1.29, 1.82) is 0 Å². The van der Waals surface area contributed by atoms with Gasteiger partial charge in [0.2, 0.25) is 21.8 Å². The number of amides is 1. The Morgan fingerprint density at radius 1 is 1.09 bits per heavy atom. The van der Waals surface area contributed by atoms with Crippen molar-refractivity contribution in [1.82, 2.24) is 15.2 Å². The van der Waals surface area contributed by atoms with Crippen LogP contribution >= 0.6 is 23.1 Å². The highest BCUT2D eigenvalue weighted by Gasteiger charge is 2.13. The number of benzene rings is 2. The van der Waals surface area contributed by atoms with Gasteiger partial charge < -0.3 is 14.5 Å². The lowest BCUT2D eigenvalue weighted by atomic mass is 10.2. The van der Waals surface area contributed by atoms with E-state index < -0.39 is 10.0 Å². The maximum Gasteiger partial charge on any atom is 0.277 e. The molecule has 0 aliphatic heterocycles. The molecule has 2 N–H and O–H groups in total. The molecule has 13 heteroatoms. The van der Waals surface area contributed by atoms with Crippen LogP contribution in [0.5, 0.6) is 5.75 Å². The van der Waals surface area contributed by atoms with Crippen LogP contribution in [0.2, 0.25) is 0 Å². The number of hydrogen-bond acceptors (Lipinski definition) is 10. The monoisotopic (exact) mass is 517 g/mol. The third-order valence-corrected chi connectivity index (χ3v) is 6.49. The zero-order valence-corrected chi connectivity index (χ0v) is 20.5. The Morgan fingerprint density at radius 3 is 2.47 bits per heavy atom. The van der Waals surface area contributed by atoms with Gasteiger partial charge in [-0.05, 0) is 48.5 Å². The van der Waals surface area contributed by atoms with Gasteiger partial charge in [-0.1, -0.05) is 11.8 Å². The fourth-order valence-corrected chi connectivity index (χ4v) is 4.65. The Bertz CT molecular complexity index is 1380. The number of ether oxygens (including phenoxy) is 1. The molecule has 0 saturated heterocycles. The molecular formula is C21H19N5O5S3. The van der Waals surface area contributed by atoms with Crippen LogP contribution in [-0.4, -0.2) is 48.6 Å². The molecule has 0 radical (unpaired) electrons. The minimum atomic E-state index is -3.36. The Kier molecular flexibility index (Phi) is 7.14. The van der Waals surface area contributed by atoms with Gasteiger partial charge in [-0.2, -0.15) is 0 Å². The molecule has 0 aliphatic carbocycles. The molecule has 34 heavy (non-hydrogen) atoms. The molecule has 0 saturated carbocycles. The average molecular weight is 518 g/mol. The van der Waals surface area contributed by atoms with E-state index in [0.717, 1.165) is 35.0 Å². The summed E-state index contributed by atoms with van der Waals surface area (Å²) in [6, 6.07) is 14.0. The molecule has 4 rings (SSSR count). The predicted octanol–water partition coefficient (Wildman–Crippen LogP) is 3.97. The summed E-state index contributed by atoms with van der Waals surface area (Å²) in [6.07, 6.45) is 1.08. The summed E-state index contributed by atoms with van der Waals surface area (Å²) in [7, 11) is -1.75. The van der Waals surface area contributed by atoms with Crippen LogP contribution in [0.4, 0.5) is 10.8 Å². The molecule has 0 unspecified atom stereocenters. The highest BCUT2D eigenvalue weighted by molar-refractivity contribution is 7.99. The number of rotatable bonds is 9. The van der Waals surface area contributed by atoms with E-state index >= 15 is 0 Å². The van der Waals surface area contributed by atoms with Gasteiger partial charge in [-0.25, -0.2) is 13.4 Å². The van der Waals surface area contributed by atoms with E-state index in [4.69, 9.17) is 9.15 Å². The van der Waals surface area contributed by atoms with Gasteiger partial charge in [-0.3, -0.25) is 9.52 Å². The maximum absolute atomic E-state index is 12.3. The highest BCUT2D eigenvalue weighted by Crippen LogP contribution is 2.27. The normalized spacial score (nSPS) is 11.2. The third kappa shape index (κ3) is 6.34. The van der Waals surface area contributed by atoms with Crippen molar-refractivity contribution in [3.05, 3.63) is 53.9 Å². The second-order valence-electron chi connectivity index (χ2n) is 6.93. The van der Waals surface area contributed by atoms with Crippen LogP contribution in [0.1, 0.15) is 0 Å². The summed E-state index contributed by atoms with van der Waals surface area (Å²) < 4.78 is 35.7. The summed E-state index contributed by atoms with van der Waals surface area (Å²) in [5.41, 5.74) is 2.73. The van der Waals surface area contributed by atoms with E-state index in [0.29, 0.717) is 16.4 Å². The first-order valence-corrected chi connectivity index (χ1v) is 13.5. The van der Waals surface area contributed by atoms with Gasteiger partial charge in [0.25, 0.3) is 5.22 Å². The van der Waals surface area contributed by atoms with Gasteiger partial charge in [-0.15, -0.1) is 21.5 Å². The third-order valence-electron chi connectivity index (χ3n) is 4.30. The quantitative estimate of drug-likeness (QED) is 0.316. The first-order valence-electron chi connectivity index (χ1n) is 9.73. The van der Waals surface area contributed by atoms with E-state index in [1.165, 1.54) is 11.3 Å². The summed E-state index contributed by atoms with van der Waals surface area (Å²) in [5, 5.41) is 13.3. The summed E-state index contributed by atoms with van der Waals surface area (Å²) in [5.74, 6) is 0.833. The van der Waals surface area contributed by atoms with Gasteiger partial charge in [0.15, 0.2) is 5.13 Å². The largest absolute Gasteiger partial charge is 0.497 e. The van der Waals surface area contributed by atoms with Crippen LogP contribution in [0.25, 0.3) is 22.7 Å². The number of aromatic nitrogens is 3. The van der Waals surface area contributed by atoms with Crippen molar-refractivity contribution in [3.8, 4) is 28.5 Å². The minimum Gasteiger partial charge on any atom is -0.497 e. The Balaban J connectivity index is 1.30. The van der Waals surface area contributed by atoms with E-state index in [1.54, 1.807) is 31.4 Å². The molecule has 2 aromatic heterocycles. The van der Waals surface area contributed by atoms with E-state index in [-0.39, 0.29) is 22.8 Å². The maximum atomic E-state index is 12.3. The molecule has 4 aromatic rings. The molecule has 0 atom stereocenters. The first-order chi connectivity index (χ1) is 16.3. The smallest absolute Gasteiger partial charge is 0.277 e. The Labute approximate surface area is 203 Å². The van der Waals surface area contributed by atoms with Crippen molar-refractivity contribution in [3.63, 3.8) is 0 Å². The number of hydrogen-bond donors (Lipinski definition) is 2. The molecule has 10 nitrogen and oxygen atoms in total. The molecule has 0 spiro atoms. The number of thioether (sulfide) groups is 1. The number of nitrogens with one attached hydrogen (secondary N) is 2. The fourth-order valence-electron chi connectivity index (χ4n) is 2.79. The summed E-state index contributed by atoms with van der Waals surface area (Å²) >= 11 is 2.43. The topological polar surface area (TPSA) is 136 Å². The average Bonchev–Trinajstić information content (AvgIpc) is 3.47. The number of nitrogens with zero attached hydrogens (tertiary/aromatic N) is 3. The molecule has 1 amide bonds. The van der Waals surface area contributed by atoms with E-state index in [9.17, 15) is 13.2 Å². The molecule has 176 valence electrons. The van der Waals surface area contributed by atoms with Crippen LogP contribution < -0.4 is 14.8 Å². The lowest BCUT2D eigenvalue weighted by molar-refractivity contribution is -0.113. The number of carbonyl (C=O) groups excluding carboxylic acids is 1. The van der Waals surface area contributed by atoms with Gasteiger partial charge in [0.05, 0.1) is 24.8 Å². The van der Waals surface area contributed by atoms with Crippen LogP contribution in [0.15, 0.2) is 63.6 Å². The Hall–Kier alpha value is -3.42. The first kappa shape index (κ1) is 23.7. The zero-order chi connectivity index (χ0) is 24.1. The molecule has 0 aliphatic rings. The van der Waals surface area contributed by atoms with Crippen molar-refractivity contribution in [2.45, 2.75) is 5.22 Å². The number of anilines is 2. The number of thiazole rings is 1. The fraction of sp³-hybridized carbons (Fsp3) is 0.143. The lowest BCUT2D eigenvalue weighted by Crippen LogP contribution is -2.13. The van der Waals surface area contributed by atoms with Gasteiger partial charge >= 0.3 is 0 Å². The molecule has 2 aromatic carbocycles. The lowest BCUT2D eigenvalue weighted by Gasteiger charge is -2.03. The molecular weight excluding hydrogens is 498 g/mol. The SMILES string of the molecule is COc1ccc(-c2csc(NC(=O)CSc3nnc(-c4ccc(NS(C)(=O)=O)cc4)o3)n2)cc1. The Morgan fingerprint density at radius 2 is 1.79 bits per heavy atom. The van der Waals surface area contributed by atoms with Crippen molar-refractivity contribution >= 4 is 49.8 Å². The molecule has 0 bridgehead atoms. The van der Waals surface area contributed by atoms with Crippen LogP contribution in [0, 0.1) is 0 Å². The second-order valence-corrected chi connectivity index (χ2v) is 10.5. The predicted molar refractivity (Wildman–Crippen MR) is 132 cm³/mol. The summed E-state index contributed by atoms with van der Waals surface area (Å²) in [6.45, 7) is 0. The van der Waals surface area contributed by atoms with Gasteiger partial charge in [0.1, 0.15) is 5.75 Å². The minimum absolute atomic E-state index is 0.0658. The van der Waals surface area contributed by atoms with Crippen LogP contribution in [-0.2, 0) is 14.8 Å². The van der Waals surface area contributed by atoms with E-state index in [2.05, 4.69) is 25.2 Å². The zero-order valence-electron chi connectivity index (χ0n) is 18.0. The van der Waals surface area contributed by atoms with Crippen LogP contribution in [0.3, 0.4) is 0 Å². The number of sulfonamides is 1. The molecule has 2 heterocycles. The second kappa shape index (κ2) is 10.2. The van der Waals surface area contributed by atoms with Crippen molar-refractivity contribution in [2.24, 2.45) is 0 Å². The standard InChI is InChI=1S/C21H19N5O5S3/c1-30-16-9-5-13(6-10-16)17-11-32-20(22-17)23-18(27)12-33-21-25-24-19(31-21)14-3-7-15(8-4-14)26-34(2,28)29/h3-11,26H,12H2,1-2H3,(H,22,23,27). The summed E-state index contributed by atoms with van der Waals surface area (Å²) in [4.78, 5) is 16.8. The van der Waals surface area contributed by atoms with Gasteiger partial charge in [0, 0.05) is 22.2 Å². The van der Waals surface area contributed by atoms with Crippen molar-refractivity contribution < 1.29 is 22.4 Å². The van der Waals surface area contributed by atoms with E-state index in [1.807, 2.05) is 29.6 Å².